The van der Waals surface area contributed by atoms with Gasteiger partial charge in [0.2, 0.25) is 0 Å². The molecule has 1 fully saturated rings. The zero-order valence-electron chi connectivity index (χ0n) is 2.43. The minimum Gasteiger partial charge on any atom is -0.283 e. The summed E-state index contributed by atoms with van der Waals surface area (Å²) in [6.45, 7) is 0.220. The average Bonchev–Trinajstić information content (AvgIpc) is 1.30. The van der Waals surface area contributed by atoms with Gasteiger partial charge in [-0.05, 0) is 0 Å². The second-order valence-corrected chi connectivity index (χ2v) is 1.73. The molecule has 0 unspecified atom stereocenters. The Morgan fingerprint density at radius 2 is 1.83 bits per heavy atom. The Morgan fingerprint density at radius 1 is 1.50 bits per heavy atom. The van der Waals surface area contributed by atoms with Gasteiger partial charge in [0.25, 0.3) is 0 Å². The van der Waals surface area contributed by atoms with Crippen LogP contribution in [0.1, 0.15) is 0 Å². The lowest BCUT2D eigenvalue weighted by Crippen LogP contribution is -1.97. The van der Waals surface area contributed by atoms with Crippen molar-refractivity contribution in [1.82, 2.24) is 0 Å². The Hall–Kier alpha value is 0.682. The molecule has 0 spiro atoms. The first-order valence-corrected chi connectivity index (χ1v) is 2.41. The lowest BCUT2D eigenvalue weighted by Gasteiger charge is -2.10. The van der Waals surface area contributed by atoms with Gasteiger partial charge in [0, 0.05) is 0 Å². The molecule has 1 aliphatic rings. The van der Waals surface area contributed by atoms with Crippen molar-refractivity contribution in [2.24, 2.45) is 0 Å². The molecule has 0 bridgehead atoms. The first-order chi connectivity index (χ1) is 2.39. The van der Waals surface area contributed by atoms with Crippen molar-refractivity contribution in [1.29, 1.82) is 0 Å². The highest BCUT2D eigenvalue weighted by Crippen LogP contribution is 2.32. The predicted octanol–water partition coefficient (Wildman–Crippen LogP) is -0.804. The molecule has 1 heterocycles. The number of hydrogen-bond donors (Lipinski definition) is 0. The summed E-state index contributed by atoms with van der Waals surface area (Å²) in [6.07, 6.45) is 0. The first kappa shape index (κ1) is 6.68. The SMILES string of the molecule is O=[PH]1OCO1.[AlH3]. The summed E-state index contributed by atoms with van der Waals surface area (Å²) in [5.41, 5.74) is 0. The molecule has 1 rings (SSSR count). The van der Waals surface area contributed by atoms with E-state index in [9.17, 15) is 4.57 Å². The Kier molecular flexibility index (Phi) is 3.11. The van der Waals surface area contributed by atoms with Crippen LogP contribution in [-0.4, -0.2) is 24.2 Å². The van der Waals surface area contributed by atoms with E-state index < -0.39 is 8.25 Å². The molecule has 0 radical (unpaired) electrons. The van der Waals surface area contributed by atoms with Crippen molar-refractivity contribution in [3.63, 3.8) is 0 Å². The van der Waals surface area contributed by atoms with Crippen LogP contribution < -0.4 is 0 Å². The van der Waals surface area contributed by atoms with E-state index in [0.29, 0.717) is 0 Å². The van der Waals surface area contributed by atoms with E-state index in [1.165, 1.54) is 0 Å². The van der Waals surface area contributed by atoms with Crippen LogP contribution in [-0.2, 0) is 13.6 Å². The molecule has 0 atom stereocenters. The van der Waals surface area contributed by atoms with Gasteiger partial charge in [0.1, 0.15) is 0 Å². The topological polar surface area (TPSA) is 35.5 Å². The van der Waals surface area contributed by atoms with Gasteiger partial charge in [-0.3, -0.25) is 13.6 Å². The Morgan fingerprint density at radius 3 is 1.83 bits per heavy atom. The molecule has 0 aromatic carbocycles. The van der Waals surface area contributed by atoms with Crippen LogP contribution in [0.3, 0.4) is 0 Å². The Bertz CT molecular complexity index is 57.8. The summed E-state index contributed by atoms with van der Waals surface area (Å²) in [7, 11) is -1.94. The van der Waals surface area contributed by atoms with Crippen molar-refractivity contribution in [2.75, 3.05) is 6.79 Å². The maximum Gasteiger partial charge on any atom is 0.323 e. The normalized spacial score (nSPS) is 21.3. The third-order valence-electron chi connectivity index (χ3n) is 0.354. The van der Waals surface area contributed by atoms with Crippen molar-refractivity contribution in [3.05, 3.63) is 0 Å². The quantitative estimate of drug-likeness (QED) is 0.313. The Labute approximate surface area is 46.7 Å². The van der Waals surface area contributed by atoms with Gasteiger partial charge in [-0.1, -0.05) is 0 Å². The largest absolute Gasteiger partial charge is 0.323 e. The van der Waals surface area contributed by atoms with Gasteiger partial charge >= 0.3 is 8.25 Å². The summed E-state index contributed by atoms with van der Waals surface area (Å²) in [5, 5.41) is 0. The molecule has 1 saturated heterocycles. The lowest BCUT2D eigenvalue weighted by molar-refractivity contribution is 0.0270. The van der Waals surface area contributed by atoms with Crippen LogP contribution in [0.5, 0.6) is 0 Å². The van der Waals surface area contributed by atoms with E-state index in [1.54, 1.807) is 0 Å². The number of hydrogen-bond acceptors (Lipinski definition) is 3. The van der Waals surface area contributed by atoms with Gasteiger partial charge in [-0.25, -0.2) is 0 Å². The van der Waals surface area contributed by atoms with Gasteiger partial charge in [0.15, 0.2) is 24.2 Å². The third kappa shape index (κ3) is 1.42. The van der Waals surface area contributed by atoms with Gasteiger partial charge in [-0.15, -0.1) is 0 Å². The fourth-order valence-electron chi connectivity index (χ4n) is 0.107. The standard InChI is InChI=1S/CH3O3P.Al.3H/c2-5-3-1-4-5;;;;/h5H,1H2;;;;. The monoisotopic (exact) mass is 124 g/mol. The molecule has 0 aliphatic carbocycles. The van der Waals surface area contributed by atoms with Crippen LogP contribution in [0, 0.1) is 0 Å². The van der Waals surface area contributed by atoms with E-state index in [4.69, 9.17) is 0 Å². The van der Waals surface area contributed by atoms with Crippen molar-refractivity contribution in [3.8, 4) is 0 Å². The van der Waals surface area contributed by atoms with Gasteiger partial charge in [0.05, 0.1) is 0 Å². The molecule has 5 heteroatoms. The van der Waals surface area contributed by atoms with Gasteiger partial charge in [-0.2, -0.15) is 0 Å². The molecule has 3 nitrogen and oxygen atoms in total. The van der Waals surface area contributed by atoms with Crippen molar-refractivity contribution >= 4 is 25.6 Å². The van der Waals surface area contributed by atoms with E-state index in [2.05, 4.69) is 9.05 Å². The van der Waals surface area contributed by atoms with Crippen LogP contribution in [0.15, 0.2) is 0 Å². The average molecular weight is 124 g/mol. The minimum atomic E-state index is -1.94. The van der Waals surface area contributed by atoms with Crippen LogP contribution >= 0.6 is 8.25 Å². The summed E-state index contributed by atoms with van der Waals surface area (Å²) in [5.74, 6) is 0. The van der Waals surface area contributed by atoms with Crippen molar-refractivity contribution in [2.45, 2.75) is 0 Å². The highest BCUT2D eigenvalue weighted by Gasteiger charge is 2.07. The third-order valence-corrected chi connectivity index (χ3v) is 1.06. The van der Waals surface area contributed by atoms with E-state index in [0.717, 1.165) is 0 Å². The molecule has 0 saturated carbocycles. The summed E-state index contributed by atoms with van der Waals surface area (Å²) >= 11 is 0. The predicted molar refractivity (Wildman–Crippen MR) is 26.0 cm³/mol. The summed E-state index contributed by atoms with van der Waals surface area (Å²) < 4.78 is 18.1. The van der Waals surface area contributed by atoms with Crippen molar-refractivity contribution < 1.29 is 13.6 Å². The second-order valence-electron chi connectivity index (χ2n) is 0.657. The van der Waals surface area contributed by atoms with E-state index in [-0.39, 0.29) is 24.2 Å². The molecule has 0 amide bonds. The summed E-state index contributed by atoms with van der Waals surface area (Å²) in [4.78, 5) is 0. The second kappa shape index (κ2) is 2.79. The molecule has 36 valence electrons. The first-order valence-electron chi connectivity index (χ1n) is 1.19. The highest BCUT2D eigenvalue weighted by molar-refractivity contribution is 7.34. The van der Waals surface area contributed by atoms with Crippen LogP contribution in [0.25, 0.3) is 0 Å². The maximum absolute atomic E-state index is 9.64. The Balaban J connectivity index is 0.000000250. The molecule has 6 heavy (non-hydrogen) atoms. The van der Waals surface area contributed by atoms with E-state index >= 15 is 0 Å². The minimum absolute atomic E-state index is 0. The zero-order valence-corrected chi connectivity index (χ0v) is 3.43. The molecular weight excluding hydrogens is 118 g/mol. The molecule has 0 aromatic rings. The molecular formula is CH6AlO3P. The van der Waals surface area contributed by atoms with Gasteiger partial charge < -0.3 is 0 Å². The molecule has 0 N–H and O–H groups in total. The number of rotatable bonds is 0. The van der Waals surface area contributed by atoms with E-state index in [1.807, 2.05) is 0 Å². The fraction of sp³-hybridized carbons (Fsp3) is 1.00. The molecule has 1 aliphatic heterocycles. The lowest BCUT2D eigenvalue weighted by atomic mass is 11.6. The zero-order chi connectivity index (χ0) is 3.70. The smallest absolute Gasteiger partial charge is 0.283 e. The summed E-state index contributed by atoms with van der Waals surface area (Å²) in [6, 6.07) is 0. The van der Waals surface area contributed by atoms with Crippen LogP contribution in [0.4, 0.5) is 0 Å². The maximum atomic E-state index is 9.64. The van der Waals surface area contributed by atoms with Crippen LogP contribution in [0.2, 0.25) is 0 Å². The molecule has 0 aromatic heterocycles. The fourth-order valence-corrected chi connectivity index (χ4v) is 0.321. The highest BCUT2D eigenvalue weighted by atomic mass is 31.1.